The maximum absolute atomic E-state index is 5.73. The van der Waals surface area contributed by atoms with Crippen molar-refractivity contribution in [3.63, 3.8) is 0 Å². The van der Waals surface area contributed by atoms with E-state index in [-0.39, 0.29) is 12.0 Å². The summed E-state index contributed by atoms with van der Waals surface area (Å²) in [5.41, 5.74) is 5.25. The van der Waals surface area contributed by atoms with Crippen molar-refractivity contribution >= 4 is 11.3 Å². The number of thiazole rings is 1. The van der Waals surface area contributed by atoms with E-state index in [0.717, 1.165) is 22.9 Å². The molecule has 19 heavy (non-hydrogen) atoms. The first-order valence-corrected chi connectivity index (χ1v) is 7.24. The highest BCUT2D eigenvalue weighted by molar-refractivity contribution is 7.09. The number of aryl methyl sites for hydroxylation is 1. The Kier molecular flexibility index (Phi) is 3.50. The molecule has 2 heterocycles. The Morgan fingerprint density at radius 1 is 1.53 bits per heavy atom. The first-order valence-electron chi connectivity index (χ1n) is 6.37. The molecular weight excluding hydrogens is 258 g/mol. The number of ether oxygens (including phenoxy) is 1. The van der Waals surface area contributed by atoms with Crippen molar-refractivity contribution in [3.8, 4) is 5.75 Å². The Bertz CT molecular complexity index is 569. The van der Waals surface area contributed by atoms with Crippen molar-refractivity contribution in [2.24, 2.45) is 5.84 Å². The second-order valence-electron chi connectivity index (χ2n) is 4.79. The molecule has 2 atom stereocenters. The molecule has 0 aliphatic carbocycles. The zero-order chi connectivity index (χ0) is 13.2. The number of para-hydroxylation sites is 1. The number of rotatable bonds is 4. The topological polar surface area (TPSA) is 60.2 Å². The molecule has 1 aromatic carbocycles. The molecule has 2 aromatic rings. The van der Waals surface area contributed by atoms with Gasteiger partial charge in [0.25, 0.3) is 0 Å². The zero-order valence-electron chi connectivity index (χ0n) is 10.8. The molecule has 2 unspecified atom stereocenters. The van der Waals surface area contributed by atoms with Crippen molar-refractivity contribution in [2.45, 2.75) is 25.3 Å². The Balaban J connectivity index is 1.80. The van der Waals surface area contributed by atoms with Crippen LogP contribution in [0, 0.1) is 6.92 Å². The molecule has 5 heteroatoms. The highest BCUT2D eigenvalue weighted by Crippen LogP contribution is 2.36. The Hall–Kier alpha value is -1.43. The molecule has 1 aliphatic rings. The summed E-state index contributed by atoms with van der Waals surface area (Å²) in [5.74, 6) is 6.99. The van der Waals surface area contributed by atoms with E-state index in [1.165, 1.54) is 5.56 Å². The highest BCUT2D eigenvalue weighted by Gasteiger charge is 2.31. The third kappa shape index (κ3) is 2.49. The number of hydrogen-bond donors (Lipinski definition) is 2. The summed E-state index contributed by atoms with van der Waals surface area (Å²) in [4.78, 5) is 4.51. The molecule has 1 aromatic heterocycles. The van der Waals surface area contributed by atoms with E-state index in [9.17, 15) is 0 Å². The van der Waals surface area contributed by atoms with Crippen LogP contribution in [0.5, 0.6) is 5.75 Å². The van der Waals surface area contributed by atoms with E-state index in [4.69, 9.17) is 10.6 Å². The van der Waals surface area contributed by atoms with E-state index in [0.29, 0.717) is 6.61 Å². The molecule has 0 bridgehead atoms. The van der Waals surface area contributed by atoms with Gasteiger partial charge in [-0.25, -0.2) is 4.98 Å². The van der Waals surface area contributed by atoms with Gasteiger partial charge in [-0.15, -0.1) is 11.3 Å². The monoisotopic (exact) mass is 275 g/mol. The lowest BCUT2D eigenvalue weighted by Crippen LogP contribution is -2.42. The van der Waals surface area contributed by atoms with E-state index in [1.807, 2.05) is 25.1 Å². The summed E-state index contributed by atoms with van der Waals surface area (Å²) in [6.07, 6.45) is 0.823. The van der Waals surface area contributed by atoms with Gasteiger partial charge in [0.05, 0.1) is 17.3 Å². The third-order valence-corrected chi connectivity index (χ3v) is 4.35. The van der Waals surface area contributed by atoms with Gasteiger partial charge in [-0.3, -0.25) is 11.3 Å². The van der Waals surface area contributed by atoms with Crippen LogP contribution in [0.15, 0.2) is 29.6 Å². The van der Waals surface area contributed by atoms with E-state index < -0.39 is 0 Å². The lowest BCUT2D eigenvalue weighted by molar-refractivity contribution is 0.297. The fraction of sp³-hybridized carbons (Fsp3) is 0.357. The van der Waals surface area contributed by atoms with Gasteiger partial charge in [0.1, 0.15) is 5.75 Å². The van der Waals surface area contributed by atoms with E-state index >= 15 is 0 Å². The smallest absolute Gasteiger partial charge is 0.122 e. The molecule has 100 valence electrons. The number of nitrogens with one attached hydrogen (secondary N) is 1. The van der Waals surface area contributed by atoms with Gasteiger partial charge in [-0.1, -0.05) is 18.2 Å². The predicted molar refractivity (Wildman–Crippen MR) is 76.3 cm³/mol. The lowest BCUT2D eigenvalue weighted by Gasteiger charge is -2.21. The summed E-state index contributed by atoms with van der Waals surface area (Å²) in [6, 6.07) is 8.31. The Morgan fingerprint density at radius 2 is 2.37 bits per heavy atom. The molecule has 4 nitrogen and oxygen atoms in total. The van der Waals surface area contributed by atoms with Crippen LogP contribution in [0.4, 0.5) is 0 Å². The number of hydrazine groups is 1. The normalized spacial score (nSPS) is 18.9. The average Bonchev–Trinajstić information content (AvgIpc) is 3.02. The summed E-state index contributed by atoms with van der Waals surface area (Å²) < 4.78 is 5.72. The van der Waals surface area contributed by atoms with Crippen LogP contribution in [0.25, 0.3) is 0 Å². The molecule has 0 fully saturated rings. The van der Waals surface area contributed by atoms with Crippen molar-refractivity contribution in [3.05, 3.63) is 45.9 Å². The molecule has 0 amide bonds. The van der Waals surface area contributed by atoms with Gasteiger partial charge in [0.15, 0.2) is 0 Å². The largest absolute Gasteiger partial charge is 0.493 e. The van der Waals surface area contributed by atoms with Gasteiger partial charge in [-0.2, -0.15) is 0 Å². The number of fused-ring (bicyclic) bond motifs is 1. The quantitative estimate of drug-likeness (QED) is 0.662. The van der Waals surface area contributed by atoms with Crippen LogP contribution < -0.4 is 16.0 Å². The van der Waals surface area contributed by atoms with Crippen LogP contribution in [-0.4, -0.2) is 17.6 Å². The van der Waals surface area contributed by atoms with Crippen molar-refractivity contribution in [1.29, 1.82) is 0 Å². The molecule has 3 N–H and O–H groups in total. The van der Waals surface area contributed by atoms with Crippen LogP contribution in [-0.2, 0) is 6.42 Å². The molecule has 3 rings (SSSR count). The second kappa shape index (κ2) is 5.28. The molecule has 0 radical (unpaired) electrons. The maximum atomic E-state index is 5.73. The predicted octanol–water partition coefficient (Wildman–Crippen LogP) is 2.00. The Labute approximate surface area is 116 Å². The Morgan fingerprint density at radius 3 is 3.11 bits per heavy atom. The number of hydrogen-bond acceptors (Lipinski definition) is 5. The molecular formula is C14H17N3OS. The standard InChI is InChI=1S/C14H17N3OS/c1-9-16-10(8-19-9)6-13(17-15)12-7-18-14-5-3-2-4-11(12)14/h2-5,8,12-13,17H,6-7,15H2,1H3. The van der Waals surface area contributed by atoms with Crippen LogP contribution >= 0.6 is 11.3 Å². The van der Waals surface area contributed by atoms with Crippen LogP contribution in [0.3, 0.4) is 0 Å². The SMILES string of the molecule is Cc1nc(CC(NN)C2COc3ccccc32)cs1. The number of nitrogens with two attached hydrogens (primary N) is 1. The summed E-state index contributed by atoms with van der Waals surface area (Å²) in [5, 5.41) is 3.19. The molecule has 0 spiro atoms. The van der Waals surface area contributed by atoms with Gasteiger partial charge >= 0.3 is 0 Å². The first-order chi connectivity index (χ1) is 9.28. The summed E-state index contributed by atoms with van der Waals surface area (Å²) in [7, 11) is 0. The third-order valence-electron chi connectivity index (χ3n) is 3.53. The summed E-state index contributed by atoms with van der Waals surface area (Å²) in [6.45, 7) is 2.70. The molecule has 1 aliphatic heterocycles. The van der Waals surface area contributed by atoms with Crippen LogP contribution in [0.1, 0.15) is 22.2 Å². The average molecular weight is 275 g/mol. The maximum Gasteiger partial charge on any atom is 0.122 e. The van der Waals surface area contributed by atoms with Gasteiger partial charge in [-0.05, 0) is 13.0 Å². The fourth-order valence-corrected chi connectivity index (χ4v) is 3.19. The van der Waals surface area contributed by atoms with Gasteiger partial charge in [0.2, 0.25) is 0 Å². The minimum Gasteiger partial charge on any atom is -0.493 e. The van der Waals surface area contributed by atoms with Gasteiger partial charge in [0, 0.05) is 29.3 Å². The minimum atomic E-state index is 0.144. The molecule has 0 saturated heterocycles. The first kappa shape index (κ1) is 12.6. The summed E-state index contributed by atoms with van der Waals surface area (Å²) >= 11 is 1.67. The van der Waals surface area contributed by atoms with Crippen molar-refractivity contribution < 1.29 is 4.74 Å². The van der Waals surface area contributed by atoms with Crippen LogP contribution in [0.2, 0.25) is 0 Å². The van der Waals surface area contributed by atoms with Crippen molar-refractivity contribution in [2.75, 3.05) is 6.61 Å². The minimum absolute atomic E-state index is 0.144. The van der Waals surface area contributed by atoms with E-state index in [1.54, 1.807) is 11.3 Å². The number of benzene rings is 1. The second-order valence-corrected chi connectivity index (χ2v) is 5.85. The fourth-order valence-electron chi connectivity index (χ4n) is 2.57. The zero-order valence-corrected chi connectivity index (χ0v) is 11.6. The highest BCUT2D eigenvalue weighted by atomic mass is 32.1. The van der Waals surface area contributed by atoms with E-state index in [2.05, 4.69) is 21.9 Å². The number of nitrogens with zero attached hydrogens (tertiary/aromatic N) is 1. The lowest BCUT2D eigenvalue weighted by atomic mass is 9.91. The number of aromatic nitrogens is 1. The molecule has 0 saturated carbocycles. The van der Waals surface area contributed by atoms with Crippen molar-refractivity contribution in [1.82, 2.24) is 10.4 Å². The van der Waals surface area contributed by atoms with Gasteiger partial charge < -0.3 is 4.74 Å².